The van der Waals surface area contributed by atoms with Crippen molar-refractivity contribution in [2.45, 2.75) is 25.2 Å². The second-order valence-electron chi connectivity index (χ2n) is 5.37. The number of hydrogen-bond donors (Lipinski definition) is 1. The van der Waals surface area contributed by atoms with Crippen LogP contribution < -0.4 is 15.1 Å². The smallest absolute Gasteiger partial charge is 0.191 e. The van der Waals surface area contributed by atoms with Gasteiger partial charge in [-0.2, -0.15) is 0 Å². The molecule has 3 rings (SSSR count). The van der Waals surface area contributed by atoms with Crippen LogP contribution in [0.1, 0.15) is 13.8 Å². The minimum Gasteiger partial charge on any atom is -0.378 e. The Labute approximate surface area is 141 Å². The fourth-order valence-electron chi connectivity index (χ4n) is 2.89. The molecular formula is C15H24N6OS. The van der Waals surface area contributed by atoms with Crippen LogP contribution in [0.2, 0.25) is 0 Å². The molecule has 1 unspecified atom stereocenters. The molecule has 1 fully saturated rings. The molecule has 23 heavy (non-hydrogen) atoms. The van der Waals surface area contributed by atoms with Gasteiger partial charge >= 0.3 is 0 Å². The van der Waals surface area contributed by atoms with Gasteiger partial charge in [-0.3, -0.25) is 5.32 Å². The van der Waals surface area contributed by atoms with E-state index in [0.717, 1.165) is 61.9 Å². The molecule has 0 bridgehead atoms. The summed E-state index contributed by atoms with van der Waals surface area (Å²) in [7, 11) is 0. The highest BCUT2D eigenvalue weighted by Gasteiger charge is 2.29. The van der Waals surface area contributed by atoms with Crippen LogP contribution in [-0.4, -0.2) is 68.0 Å². The van der Waals surface area contributed by atoms with E-state index in [1.807, 2.05) is 12.5 Å². The second kappa shape index (κ2) is 7.46. The van der Waals surface area contributed by atoms with E-state index in [4.69, 9.17) is 19.7 Å². The molecule has 0 radical (unpaired) electrons. The first-order valence-electron chi connectivity index (χ1n) is 8.11. The zero-order valence-corrected chi connectivity index (χ0v) is 14.8. The summed E-state index contributed by atoms with van der Waals surface area (Å²) in [6.07, 6.45) is 4.05. The fourth-order valence-corrected chi connectivity index (χ4v) is 3.25. The van der Waals surface area contributed by atoms with Gasteiger partial charge in [0.15, 0.2) is 16.8 Å². The number of rotatable bonds is 5. The molecule has 7 nitrogen and oxygen atoms in total. The lowest BCUT2D eigenvalue weighted by molar-refractivity contribution is 0.122. The summed E-state index contributed by atoms with van der Waals surface area (Å²) in [5, 5.41) is 4.23. The topological polar surface area (TPSA) is 65.9 Å². The standard InChI is InChI=1S/C15H24N6OS/c1-4-16-11-10-17-12-13(20-6-8-22-9-7-20)18-15(23-3)19-14(12)21(11)5-2/h10-11,16H,4-9H2,1-3H3. The third-order valence-electron chi connectivity index (χ3n) is 4.03. The van der Waals surface area contributed by atoms with Crippen LogP contribution in [0.25, 0.3) is 0 Å². The molecule has 0 saturated carbocycles. The summed E-state index contributed by atoms with van der Waals surface area (Å²) in [5.74, 6) is 1.84. The van der Waals surface area contributed by atoms with Gasteiger partial charge in [-0.05, 0) is 19.7 Å². The van der Waals surface area contributed by atoms with Crippen molar-refractivity contribution < 1.29 is 4.74 Å². The Balaban J connectivity index is 2.04. The Morgan fingerprint density at radius 3 is 2.65 bits per heavy atom. The van der Waals surface area contributed by atoms with Crippen molar-refractivity contribution in [2.24, 2.45) is 4.99 Å². The molecule has 126 valence electrons. The third kappa shape index (κ3) is 3.29. The molecule has 1 aromatic heterocycles. The Morgan fingerprint density at radius 1 is 1.26 bits per heavy atom. The number of ether oxygens (including phenoxy) is 1. The lowest BCUT2D eigenvalue weighted by Gasteiger charge is -2.36. The molecule has 1 saturated heterocycles. The molecule has 1 N–H and O–H groups in total. The monoisotopic (exact) mass is 336 g/mol. The average molecular weight is 336 g/mol. The van der Waals surface area contributed by atoms with E-state index in [1.165, 1.54) is 0 Å². The Bertz CT molecular complexity index is 575. The maximum atomic E-state index is 5.46. The van der Waals surface area contributed by atoms with Gasteiger partial charge in [-0.25, -0.2) is 15.0 Å². The first-order chi connectivity index (χ1) is 11.3. The van der Waals surface area contributed by atoms with Gasteiger partial charge in [0.1, 0.15) is 11.9 Å². The highest BCUT2D eigenvalue weighted by atomic mass is 32.2. The van der Waals surface area contributed by atoms with Crippen molar-refractivity contribution in [1.29, 1.82) is 0 Å². The zero-order chi connectivity index (χ0) is 16.2. The molecule has 8 heteroatoms. The summed E-state index contributed by atoms with van der Waals surface area (Å²) in [6.45, 7) is 9.14. The predicted molar refractivity (Wildman–Crippen MR) is 95.5 cm³/mol. The lowest BCUT2D eigenvalue weighted by atomic mass is 10.2. The number of thioether (sulfide) groups is 1. The summed E-state index contributed by atoms with van der Waals surface area (Å²) in [6, 6.07) is 0. The van der Waals surface area contributed by atoms with E-state index >= 15 is 0 Å². The van der Waals surface area contributed by atoms with Gasteiger partial charge in [0, 0.05) is 25.8 Å². The van der Waals surface area contributed by atoms with E-state index in [2.05, 4.69) is 29.0 Å². The molecule has 1 atom stereocenters. The summed E-state index contributed by atoms with van der Waals surface area (Å²) < 4.78 is 5.46. The van der Waals surface area contributed by atoms with Crippen LogP contribution in [0.5, 0.6) is 0 Å². The Morgan fingerprint density at radius 2 is 2.00 bits per heavy atom. The molecular weight excluding hydrogens is 312 g/mol. The first-order valence-corrected chi connectivity index (χ1v) is 9.33. The quantitative estimate of drug-likeness (QED) is 0.646. The van der Waals surface area contributed by atoms with Crippen molar-refractivity contribution in [3.05, 3.63) is 0 Å². The number of hydrogen-bond acceptors (Lipinski definition) is 8. The van der Waals surface area contributed by atoms with Gasteiger partial charge < -0.3 is 14.5 Å². The summed E-state index contributed by atoms with van der Waals surface area (Å²) in [5.41, 5.74) is 0.876. The van der Waals surface area contributed by atoms with Gasteiger partial charge in [0.05, 0.1) is 13.2 Å². The molecule has 0 aliphatic carbocycles. The van der Waals surface area contributed by atoms with Gasteiger partial charge in [0.25, 0.3) is 0 Å². The Hall–Kier alpha value is -1.38. The molecule has 2 aliphatic heterocycles. The highest BCUT2D eigenvalue weighted by molar-refractivity contribution is 7.98. The van der Waals surface area contributed by atoms with E-state index in [9.17, 15) is 0 Å². The van der Waals surface area contributed by atoms with Gasteiger partial charge in [-0.15, -0.1) is 0 Å². The van der Waals surface area contributed by atoms with Crippen molar-refractivity contribution >= 4 is 35.3 Å². The van der Waals surface area contributed by atoms with Gasteiger partial charge in [0.2, 0.25) is 0 Å². The number of anilines is 2. The minimum atomic E-state index is 0.0830. The lowest BCUT2D eigenvalue weighted by Crippen LogP contribution is -2.49. The van der Waals surface area contributed by atoms with Crippen LogP contribution in [-0.2, 0) is 4.74 Å². The Kier molecular flexibility index (Phi) is 5.34. The minimum absolute atomic E-state index is 0.0830. The first kappa shape index (κ1) is 16.5. The molecule has 0 aromatic carbocycles. The molecule has 3 heterocycles. The molecule has 0 spiro atoms. The number of nitrogens with zero attached hydrogens (tertiary/aromatic N) is 5. The number of fused-ring (bicyclic) bond motifs is 1. The fraction of sp³-hybridized carbons (Fsp3) is 0.667. The van der Waals surface area contributed by atoms with Crippen molar-refractivity contribution in [3.63, 3.8) is 0 Å². The maximum absolute atomic E-state index is 5.46. The second-order valence-corrected chi connectivity index (χ2v) is 6.15. The number of aromatic nitrogens is 2. The largest absolute Gasteiger partial charge is 0.378 e. The molecule has 0 amide bonds. The van der Waals surface area contributed by atoms with E-state index in [1.54, 1.807) is 11.8 Å². The highest BCUT2D eigenvalue weighted by Crippen LogP contribution is 2.39. The van der Waals surface area contributed by atoms with Crippen LogP contribution in [0.3, 0.4) is 0 Å². The average Bonchev–Trinajstić information content (AvgIpc) is 2.61. The number of nitrogens with one attached hydrogen (secondary N) is 1. The van der Waals surface area contributed by atoms with Gasteiger partial charge in [-0.1, -0.05) is 18.7 Å². The van der Waals surface area contributed by atoms with Crippen LogP contribution in [0.4, 0.5) is 17.3 Å². The van der Waals surface area contributed by atoms with Crippen LogP contribution in [0, 0.1) is 0 Å². The normalized spacial score (nSPS) is 20.7. The molecule has 1 aromatic rings. The predicted octanol–water partition coefficient (Wildman–Crippen LogP) is 1.51. The SMILES string of the molecule is CCNC1C=Nc2c(N3CCOCC3)nc(SC)nc2N1CC. The summed E-state index contributed by atoms with van der Waals surface area (Å²) in [4.78, 5) is 18.7. The van der Waals surface area contributed by atoms with E-state index in [0.29, 0.717) is 0 Å². The van der Waals surface area contributed by atoms with E-state index < -0.39 is 0 Å². The number of morpholine rings is 1. The van der Waals surface area contributed by atoms with E-state index in [-0.39, 0.29) is 6.17 Å². The van der Waals surface area contributed by atoms with Crippen molar-refractivity contribution in [3.8, 4) is 0 Å². The van der Waals surface area contributed by atoms with Crippen molar-refractivity contribution in [1.82, 2.24) is 15.3 Å². The van der Waals surface area contributed by atoms with Crippen LogP contribution >= 0.6 is 11.8 Å². The van der Waals surface area contributed by atoms with Crippen molar-refractivity contribution in [2.75, 3.05) is 55.4 Å². The zero-order valence-electron chi connectivity index (χ0n) is 13.9. The number of aliphatic imine (C=N–C) groups is 1. The molecule has 2 aliphatic rings. The van der Waals surface area contributed by atoms with Crippen LogP contribution in [0.15, 0.2) is 10.1 Å². The third-order valence-corrected chi connectivity index (χ3v) is 4.57. The summed E-state index contributed by atoms with van der Waals surface area (Å²) >= 11 is 1.57. The maximum Gasteiger partial charge on any atom is 0.191 e.